The lowest BCUT2D eigenvalue weighted by molar-refractivity contribution is 0.0690. The van der Waals surface area contributed by atoms with Crippen molar-refractivity contribution in [1.82, 2.24) is 4.98 Å². The van der Waals surface area contributed by atoms with Gasteiger partial charge in [-0.3, -0.25) is 0 Å². The highest BCUT2D eigenvalue weighted by atomic mass is 16.4. The van der Waals surface area contributed by atoms with Crippen LogP contribution in [0.1, 0.15) is 42.6 Å². The Morgan fingerprint density at radius 2 is 2.12 bits per heavy atom. The third-order valence-corrected chi connectivity index (χ3v) is 2.96. The number of nitrogens with zero attached hydrogens (tertiary/aromatic N) is 1. The predicted octanol–water partition coefficient (Wildman–Crippen LogP) is 2.52. The summed E-state index contributed by atoms with van der Waals surface area (Å²) in [5.74, 6) is -0.979. The fourth-order valence-corrected chi connectivity index (χ4v) is 2.12. The van der Waals surface area contributed by atoms with E-state index in [2.05, 4.69) is 10.3 Å². The molecule has 1 aromatic rings. The zero-order valence-electron chi connectivity index (χ0n) is 9.15. The molecule has 0 aromatic carbocycles. The second-order valence-electron chi connectivity index (χ2n) is 4.21. The minimum Gasteiger partial charge on any atom is -0.477 e. The van der Waals surface area contributed by atoms with Crippen LogP contribution in [-0.4, -0.2) is 22.1 Å². The third kappa shape index (κ3) is 2.72. The van der Waals surface area contributed by atoms with Gasteiger partial charge in [-0.25, -0.2) is 9.78 Å². The highest BCUT2D eigenvalue weighted by Gasteiger charge is 2.13. The van der Waals surface area contributed by atoms with E-state index >= 15 is 0 Å². The number of hydrogen-bond acceptors (Lipinski definition) is 3. The second-order valence-corrected chi connectivity index (χ2v) is 4.21. The average Bonchev–Trinajstić information content (AvgIpc) is 2.30. The molecule has 1 fully saturated rings. The number of pyridine rings is 1. The van der Waals surface area contributed by atoms with Gasteiger partial charge in [-0.2, -0.15) is 0 Å². The van der Waals surface area contributed by atoms with E-state index in [1.165, 1.54) is 38.3 Å². The normalized spacial score (nSPS) is 17.0. The molecule has 0 spiro atoms. The van der Waals surface area contributed by atoms with E-state index in [9.17, 15) is 4.79 Å². The Bertz CT molecular complexity index is 373. The molecule has 16 heavy (non-hydrogen) atoms. The number of aromatic carboxylic acids is 1. The summed E-state index contributed by atoms with van der Waals surface area (Å²) in [4.78, 5) is 14.5. The molecule has 2 rings (SSSR count). The molecule has 4 nitrogen and oxygen atoms in total. The largest absolute Gasteiger partial charge is 0.477 e. The van der Waals surface area contributed by atoms with Gasteiger partial charge in [0.2, 0.25) is 0 Å². The van der Waals surface area contributed by atoms with Crippen molar-refractivity contribution >= 4 is 11.7 Å². The molecule has 0 amide bonds. The lowest BCUT2D eigenvalue weighted by atomic mass is 9.95. The van der Waals surface area contributed by atoms with Crippen molar-refractivity contribution in [2.75, 3.05) is 5.32 Å². The number of rotatable bonds is 3. The summed E-state index contributed by atoms with van der Waals surface area (Å²) in [6.45, 7) is 0. The summed E-state index contributed by atoms with van der Waals surface area (Å²) >= 11 is 0. The van der Waals surface area contributed by atoms with E-state index in [1.807, 2.05) is 6.07 Å². The van der Waals surface area contributed by atoms with Crippen LogP contribution in [0, 0.1) is 0 Å². The SMILES string of the molecule is O=C(O)c1cc(NC2CCCCC2)ccn1. The standard InChI is InChI=1S/C12H16N2O2/c15-12(16)11-8-10(6-7-13-11)14-9-4-2-1-3-5-9/h6-9H,1-5H2,(H,13,14)(H,15,16). The van der Waals surface area contributed by atoms with Crippen LogP contribution in [0.3, 0.4) is 0 Å². The predicted molar refractivity (Wildman–Crippen MR) is 61.7 cm³/mol. The van der Waals surface area contributed by atoms with Crippen molar-refractivity contribution in [2.45, 2.75) is 38.1 Å². The van der Waals surface area contributed by atoms with Crippen LogP contribution in [-0.2, 0) is 0 Å². The summed E-state index contributed by atoms with van der Waals surface area (Å²) in [5.41, 5.74) is 0.958. The van der Waals surface area contributed by atoms with E-state index in [1.54, 1.807) is 6.07 Å². The van der Waals surface area contributed by atoms with Crippen LogP contribution in [0.4, 0.5) is 5.69 Å². The molecule has 0 saturated heterocycles. The molecule has 0 bridgehead atoms. The Morgan fingerprint density at radius 1 is 1.38 bits per heavy atom. The van der Waals surface area contributed by atoms with Crippen molar-refractivity contribution in [3.63, 3.8) is 0 Å². The zero-order valence-corrected chi connectivity index (χ0v) is 9.15. The molecular formula is C12H16N2O2. The Balaban J connectivity index is 2.02. The molecule has 1 aliphatic carbocycles. The van der Waals surface area contributed by atoms with Gasteiger partial charge in [0, 0.05) is 17.9 Å². The second kappa shape index (κ2) is 4.96. The van der Waals surface area contributed by atoms with Crippen LogP contribution < -0.4 is 5.32 Å². The van der Waals surface area contributed by atoms with Gasteiger partial charge in [0.05, 0.1) is 0 Å². The molecular weight excluding hydrogens is 204 g/mol. The van der Waals surface area contributed by atoms with Gasteiger partial charge in [0.1, 0.15) is 5.69 Å². The molecule has 0 unspecified atom stereocenters. The maximum Gasteiger partial charge on any atom is 0.354 e. The Kier molecular flexibility index (Phi) is 3.39. The minimum atomic E-state index is -0.979. The maximum atomic E-state index is 10.8. The van der Waals surface area contributed by atoms with Crippen LogP contribution in [0.15, 0.2) is 18.3 Å². The van der Waals surface area contributed by atoms with Crippen molar-refractivity contribution in [3.05, 3.63) is 24.0 Å². The van der Waals surface area contributed by atoms with Gasteiger partial charge in [-0.05, 0) is 25.0 Å². The third-order valence-electron chi connectivity index (χ3n) is 2.96. The monoisotopic (exact) mass is 220 g/mol. The summed E-state index contributed by atoms with van der Waals surface area (Å²) < 4.78 is 0. The van der Waals surface area contributed by atoms with Crippen LogP contribution in [0.5, 0.6) is 0 Å². The Morgan fingerprint density at radius 3 is 2.81 bits per heavy atom. The van der Waals surface area contributed by atoms with Gasteiger partial charge in [0.15, 0.2) is 0 Å². The highest BCUT2D eigenvalue weighted by Crippen LogP contribution is 2.21. The minimum absolute atomic E-state index is 0.0980. The fourth-order valence-electron chi connectivity index (χ4n) is 2.12. The number of anilines is 1. The van der Waals surface area contributed by atoms with E-state index in [0.29, 0.717) is 6.04 Å². The highest BCUT2D eigenvalue weighted by molar-refractivity contribution is 5.86. The van der Waals surface area contributed by atoms with Gasteiger partial charge in [0.25, 0.3) is 0 Å². The first-order chi connectivity index (χ1) is 7.75. The number of hydrogen-bond donors (Lipinski definition) is 2. The molecule has 1 heterocycles. The van der Waals surface area contributed by atoms with E-state index < -0.39 is 5.97 Å². The van der Waals surface area contributed by atoms with E-state index in [0.717, 1.165) is 5.69 Å². The van der Waals surface area contributed by atoms with E-state index in [-0.39, 0.29) is 5.69 Å². The number of nitrogens with one attached hydrogen (secondary N) is 1. The zero-order chi connectivity index (χ0) is 11.4. The molecule has 2 N–H and O–H groups in total. The van der Waals surface area contributed by atoms with Crippen molar-refractivity contribution in [2.24, 2.45) is 0 Å². The molecule has 0 radical (unpaired) electrons. The molecule has 86 valence electrons. The molecule has 0 atom stereocenters. The van der Waals surface area contributed by atoms with Crippen LogP contribution in [0.25, 0.3) is 0 Å². The summed E-state index contributed by atoms with van der Waals surface area (Å²) in [5, 5.41) is 12.2. The first kappa shape index (κ1) is 10.9. The maximum absolute atomic E-state index is 10.8. The average molecular weight is 220 g/mol. The molecule has 1 aliphatic rings. The smallest absolute Gasteiger partial charge is 0.354 e. The van der Waals surface area contributed by atoms with Crippen molar-refractivity contribution in [3.8, 4) is 0 Å². The summed E-state index contributed by atoms with van der Waals surface area (Å²) in [6.07, 6.45) is 7.71. The first-order valence-corrected chi connectivity index (χ1v) is 5.71. The summed E-state index contributed by atoms with van der Waals surface area (Å²) in [6, 6.07) is 3.90. The number of aromatic nitrogens is 1. The van der Waals surface area contributed by atoms with Crippen molar-refractivity contribution < 1.29 is 9.90 Å². The first-order valence-electron chi connectivity index (χ1n) is 5.71. The number of carboxylic acids is 1. The van der Waals surface area contributed by atoms with E-state index in [4.69, 9.17) is 5.11 Å². The van der Waals surface area contributed by atoms with Gasteiger partial charge >= 0.3 is 5.97 Å². The Hall–Kier alpha value is -1.58. The van der Waals surface area contributed by atoms with Crippen LogP contribution in [0.2, 0.25) is 0 Å². The fraction of sp³-hybridized carbons (Fsp3) is 0.500. The molecule has 4 heteroatoms. The van der Waals surface area contributed by atoms with Crippen molar-refractivity contribution in [1.29, 1.82) is 0 Å². The number of carbonyl (C=O) groups is 1. The summed E-state index contributed by atoms with van der Waals surface area (Å²) in [7, 11) is 0. The van der Waals surface area contributed by atoms with Gasteiger partial charge in [-0.15, -0.1) is 0 Å². The number of carboxylic acid groups (broad SMARTS) is 1. The van der Waals surface area contributed by atoms with Crippen LogP contribution >= 0.6 is 0 Å². The van der Waals surface area contributed by atoms with Gasteiger partial charge < -0.3 is 10.4 Å². The topological polar surface area (TPSA) is 62.2 Å². The lowest BCUT2D eigenvalue weighted by Crippen LogP contribution is -2.22. The lowest BCUT2D eigenvalue weighted by Gasteiger charge is -2.23. The Labute approximate surface area is 94.7 Å². The quantitative estimate of drug-likeness (QED) is 0.821. The molecule has 1 aromatic heterocycles. The van der Waals surface area contributed by atoms with Gasteiger partial charge in [-0.1, -0.05) is 19.3 Å². The molecule has 1 saturated carbocycles. The molecule has 0 aliphatic heterocycles.